The highest BCUT2D eigenvalue weighted by molar-refractivity contribution is 5.71. The van der Waals surface area contributed by atoms with Crippen LogP contribution in [0, 0.1) is 0 Å². The summed E-state index contributed by atoms with van der Waals surface area (Å²) in [5.41, 5.74) is 0. The van der Waals surface area contributed by atoms with Gasteiger partial charge in [0.1, 0.15) is 13.2 Å². The van der Waals surface area contributed by atoms with Gasteiger partial charge in [-0.25, -0.2) is 0 Å². The smallest absolute Gasteiger partial charge is 0.306 e. The lowest BCUT2D eigenvalue weighted by molar-refractivity contribution is -0.167. The molecule has 0 aromatic rings. The van der Waals surface area contributed by atoms with Gasteiger partial charge in [-0.2, -0.15) is 0 Å². The van der Waals surface area contributed by atoms with E-state index in [-0.39, 0.29) is 37.5 Å². The fraction of sp³-hybridized carbons (Fsp3) is 0.694. The van der Waals surface area contributed by atoms with Crippen molar-refractivity contribution in [2.45, 2.75) is 264 Å². The van der Waals surface area contributed by atoms with Crippen LogP contribution in [0.25, 0.3) is 0 Å². The largest absolute Gasteiger partial charge is 0.462 e. The molecular formula is C62H104O6. The first-order valence-electron chi connectivity index (χ1n) is 28.3. The Hall–Kier alpha value is -3.67. The highest BCUT2D eigenvalue weighted by atomic mass is 16.6. The van der Waals surface area contributed by atoms with Crippen LogP contribution in [0.4, 0.5) is 0 Å². The molecule has 0 radical (unpaired) electrons. The second-order valence-electron chi connectivity index (χ2n) is 18.5. The number of ether oxygens (including phenoxy) is 3. The first kappa shape index (κ1) is 64.3. The second kappa shape index (κ2) is 55.9. The lowest BCUT2D eigenvalue weighted by Crippen LogP contribution is -2.30. The van der Waals surface area contributed by atoms with E-state index in [4.69, 9.17) is 14.2 Å². The number of hydrogen-bond acceptors (Lipinski definition) is 6. The molecule has 0 aliphatic rings. The molecule has 1 atom stereocenters. The summed E-state index contributed by atoms with van der Waals surface area (Å²) in [4.78, 5) is 38.1. The maximum Gasteiger partial charge on any atom is 0.306 e. The van der Waals surface area contributed by atoms with Crippen LogP contribution in [0.5, 0.6) is 0 Å². The molecule has 6 nitrogen and oxygen atoms in total. The van der Waals surface area contributed by atoms with Crippen LogP contribution >= 0.6 is 0 Å². The maximum atomic E-state index is 12.8. The molecule has 0 rings (SSSR count). The van der Waals surface area contributed by atoms with Crippen molar-refractivity contribution in [2.24, 2.45) is 0 Å². The fourth-order valence-corrected chi connectivity index (χ4v) is 7.51. The Labute approximate surface area is 419 Å². The minimum Gasteiger partial charge on any atom is -0.462 e. The summed E-state index contributed by atoms with van der Waals surface area (Å²) in [7, 11) is 0. The molecule has 6 heteroatoms. The van der Waals surface area contributed by atoms with E-state index in [2.05, 4.69) is 118 Å². The van der Waals surface area contributed by atoms with Gasteiger partial charge in [0.25, 0.3) is 0 Å². The van der Waals surface area contributed by atoms with Gasteiger partial charge in [0.15, 0.2) is 6.10 Å². The molecule has 0 aliphatic heterocycles. The summed E-state index contributed by atoms with van der Waals surface area (Å²) in [6, 6.07) is 0. The van der Waals surface area contributed by atoms with Gasteiger partial charge in [-0.15, -0.1) is 0 Å². The fourth-order valence-electron chi connectivity index (χ4n) is 7.51. The second-order valence-corrected chi connectivity index (χ2v) is 18.5. The molecule has 0 bridgehead atoms. The zero-order valence-electron chi connectivity index (χ0n) is 44.3. The maximum absolute atomic E-state index is 12.8. The first-order chi connectivity index (χ1) is 33.5. The van der Waals surface area contributed by atoms with Gasteiger partial charge in [0.05, 0.1) is 0 Å². The number of rotatable bonds is 50. The van der Waals surface area contributed by atoms with Crippen molar-refractivity contribution in [1.82, 2.24) is 0 Å². The number of carbonyl (C=O) groups excluding carboxylic acids is 3. The molecule has 0 aromatic carbocycles. The normalized spacial score (nSPS) is 12.8. The van der Waals surface area contributed by atoms with Crippen molar-refractivity contribution in [3.8, 4) is 0 Å². The third-order valence-electron chi connectivity index (χ3n) is 11.8. The molecule has 1 unspecified atom stereocenters. The predicted octanol–water partition coefficient (Wildman–Crippen LogP) is 18.9. The van der Waals surface area contributed by atoms with Crippen molar-refractivity contribution in [3.05, 3.63) is 97.2 Å². The van der Waals surface area contributed by atoms with E-state index in [1.54, 1.807) is 0 Å². The summed E-state index contributed by atoms with van der Waals surface area (Å²) in [6.45, 7) is 6.51. The van der Waals surface area contributed by atoms with Gasteiger partial charge in [-0.05, 0) is 116 Å². The van der Waals surface area contributed by atoms with Crippen LogP contribution in [0.15, 0.2) is 97.2 Å². The quantitative estimate of drug-likeness (QED) is 0.0199. The molecule has 0 saturated heterocycles. The van der Waals surface area contributed by atoms with Gasteiger partial charge < -0.3 is 14.2 Å². The lowest BCUT2D eigenvalue weighted by atomic mass is 10.1. The summed E-state index contributed by atoms with van der Waals surface area (Å²) >= 11 is 0. The van der Waals surface area contributed by atoms with Crippen molar-refractivity contribution < 1.29 is 28.6 Å². The molecule has 0 spiro atoms. The van der Waals surface area contributed by atoms with E-state index in [1.165, 1.54) is 122 Å². The first-order valence-corrected chi connectivity index (χ1v) is 28.3. The number of allylic oxidation sites excluding steroid dienone is 16. The Balaban J connectivity index is 4.53. The van der Waals surface area contributed by atoms with Crippen LogP contribution in [-0.2, 0) is 28.6 Å². The highest BCUT2D eigenvalue weighted by Crippen LogP contribution is 2.13. The molecular weight excluding hydrogens is 841 g/mol. The Morgan fingerprint density at radius 1 is 0.309 bits per heavy atom. The Kier molecular flexibility index (Phi) is 52.9. The van der Waals surface area contributed by atoms with Gasteiger partial charge in [-0.1, -0.05) is 221 Å². The van der Waals surface area contributed by atoms with E-state index in [1.807, 2.05) is 0 Å². The highest BCUT2D eigenvalue weighted by Gasteiger charge is 2.19. The van der Waals surface area contributed by atoms with Crippen LogP contribution in [-0.4, -0.2) is 37.2 Å². The zero-order valence-corrected chi connectivity index (χ0v) is 44.3. The average molecular weight is 946 g/mol. The van der Waals surface area contributed by atoms with Gasteiger partial charge >= 0.3 is 17.9 Å². The number of esters is 3. The SMILES string of the molecule is CCCCC/C=C\C/C=C\C/C=C\C/C=C\CCCC(=O)OCC(COC(=O)CCCCC/C=C\C=C/CCCCCCCCC)OC(=O)CCCCCCCCC/C=C\C/C=C\CCCCC. The van der Waals surface area contributed by atoms with Gasteiger partial charge in [-0.3, -0.25) is 14.4 Å². The molecule has 0 saturated carbocycles. The number of hydrogen-bond donors (Lipinski definition) is 0. The molecule has 0 aromatic heterocycles. The summed E-state index contributed by atoms with van der Waals surface area (Å²) < 4.78 is 16.8. The van der Waals surface area contributed by atoms with E-state index in [0.29, 0.717) is 19.3 Å². The van der Waals surface area contributed by atoms with Crippen molar-refractivity contribution in [3.63, 3.8) is 0 Å². The van der Waals surface area contributed by atoms with E-state index in [0.717, 1.165) is 89.9 Å². The minimum atomic E-state index is -0.816. The Morgan fingerprint density at radius 2 is 0.588 bits per heavy atom. The molecule has 68 heavy (non-hydrogen) atoms. The molecule has 0 fully saturated rings. The van der Waals surface area contributed by atoms with E-state index >= 15 is 0 Å². The third-order valence-corrected chi connectivity index (χ3v) is 11.8. The predicted molar refractivity (Wildman–Crippen MR) is 293 cm³/mol. The van der Waals surface area contributed by atoms with Crippen LogP contribution in [0.1, 0.15) is 258 Å². The summed E-state index contributed by atoms with van der Waals surface area (Å²) in [5.74, 6) is -1.00. The van der Waals surface area contributed by atoms with Crippen LogP contribution in [0.3, 0.4) is 0 Å². The number of unbranched alkanes of at least 4 members (excludes halogenated alkanes) is 24. The Morgan fingerprint density at radius 3 is 1.01 bits per heavy atom. The molecule has 0 amide bonds. The Bertz CT molecular complexity index is 1360. The van der Waals surface area contributed by atoms with Crippen LogP contribution < -0.4 is 0 Å². The third kappa shape index (κ3) is 53.3. The summed E-state index contributed by atoms with van der Waals surface area (Å²) in [6.07, 6.45) is 73.9. The molecule has 388 valence electrons. The van der Waals surface area contributed by atoms with E-state index in [9.17, 15) is 14.4 Å². The zero-order chi connectivity index (χ0) is 49.3. The monoisotopic (exact) mass is 945 g/mol. The minimum absolute atomic E-state index is 0.112. The lowest BCUT2D eigenvalue weighted by Gasteiger charge is -2.18. The van der Waals surface area contributed by atoms with Crippen molar-refractivity contribution >= 4 is 17.9 Å². The van der Waals surface area contributed by atoms with Crippen molar-refractivity contribution in [1.29, 1.82) is 0 Å². The average Bonchev–Trinajstić information content (AvgIpc) is 3.34. The molecule has 0 N–H and O–H groups in total. The van der Waals surface area contributed by atoms with Crippen molar-refractivity contribution in [2.75, 3.05) is 13.2 Å². The molecule has 0 aliphatic carbocycles. The van der Waals surface area contributed by atoms with Gasteiger partial charge in [0, 0.05) is 19.3 Å². The number of carbonyl (C=O) groups is 3. The van der Waals surface area contributed by atoms with Crippen LogP contribution in [0.2, 0.25) is 0 Å². The molecule has 0 heterocycles. The summed E-state index contributed by atoms with van der Waals surface area (Å²) in [5, 5.41) is 0. The van der Waals surface area contributed by atoms with E-state index < -0.39 is 6.10 Å². The standard InChI is InChI=1S/C62H104O6/c1-4-7-10-13-16-19-22-25-28-31-34-37-40-43-46-49-52-55-61(64)67-58-59(57-66-60(63)54-51-48-45-42-39-36-33-30-27-24-21-18-15-12-9-6-3)68-62(65)56-53-50-47-44-41-38-35-32-29-26-23-20-17-14-11-8-5-2/h16-17,19-20,25-26,28-30,33-34,36-37,39,43,46,59H,4-15,18,21-24,27,31-32,35,38,40-42,44-45,47-58H2,1-3H3/b19-16-,20-17-,28-25-,29-26-,33-30-,37-34-,39-36-,46-43-. The van der Waals surface area contributed by atoms with Gasteiger partial charge in [0.2, 0.25) is 0 Å². The topological polar surface area (TPSA) is 78.9 Å².